The number of benzene rings is 1. The Morgan fingerprint density at radius 3 is 2.67 bits per heavy atom. The van der Waals surface area contributed by atoms with Gasteiger partial charge in [-0.1, -0.05) is 32.0 Å². The predicted molar refractivity (Wildman–Crippen MR) is 63.0 cm³/mol. The average Bonchev–Trinajstić information content (AvgIpc) is 2.63. The first-order valence-corrected chi connectivity index (χ1v) is 6.02. The monoisotopic (exact) mass is 201 g/mol. The second-order valence-electron chi connectivity index (χ2n) is 5.68. The molecule has 1 aliphatic heterocycles. The first-order chi connectivity index (χ1) is 7.17. The number of rotatable bonds is 1. The van der Waals surface area contributed by atoms with Gasteiger partial charge in [0, 0.05) is 12.6 Å². The molecule has 0 radical (unpaired) electrons. The van der Waals surface area contributed by atoms with Gasteiger partial charge in [-0.25, -0.2) is 0 Å². The van der Waals surface area contributed by atoms with Crippen LogP contribution in [-0.2, 0) is 12.8 Å². The number of fused-ring (bicyclic) bond motifs is 1. The van der Waals surface area contributed by atoms with Crippen LogP contribution in [0.15, 0.2) is 18.2 Å². The maximum atomic E-state index is 3.54. The van der Waals surface area contributed by atoms with E-state index in [0.717, 1.165) is 6.54 Å². The second-order valence-corrected chi connectivity index (χ2v) is 5.68. The molecule has 0 amide bonds. The molecule has 1 aliphatic carbocycles. The van der Waals surface area contributed by atoms with Gasteiger partial charge in [0.25, 0.3) is 0 Å². The van der Waals surface area contributed by atoms with Crippen molar-refractivity contribution >= 4 is 0 Å². The van der Waals surface area contributed by atoms with Gasteiger partial charge in [-0.05, 0) is 41.4 Å². The highest BCUT2D eigenvalue weighted by molar-refractivity contribution is 5.38. The molecule has 1 nitrogen and oxygen atoms in total. The molecule has 1 N–H and O–H groups in total. The first kappa shape index (κ1) is 9.41. The molecule has 0 aromatic heterocycles. The lowest BCUT2D eigenvalue weighted by molar-refractivity contribution is 0.128. The van der Waals surface area contributed by atoms with Crippen LogP contribution >= 0.6 is 0 Å². The Labute approximate surface area is 91.9 Å². The van der Waals surface area contributed by atoms with Crippen LogP contribution in [-0.4, -0.2) is 6.54 Å². The molecule has 1 aromatic carbocycles. The fourth-order valence-electron chi connectivity index (χ4n) is 2.95. The molecule has 0 spiro atoms. The summed E-state index contributed by atoms with van der Waals surface area (Å²) in [6, 6.07) is 7.67. The molecule has 2 aliphatic rings. The minimum absolute atomic E-state index is 0.437. The Balaban J connectivity index is 1.93. The number of hydrogen-bond acceptors (Lipinski definition) is 1. The molecule has 1 fully saturated rings. The lowest BCUT2D eigenvalue weighted by Crippen LogP contribution is -2.52. The summed E-state index contributed by atoms with van der Waals surface area (Å²) in [7, 11) is 0. The molecular formula is C14H19N. The summed E-state index contributed by atoms with van der Waals surface area (Å²) >= 11 is 0. The molecule has 1 atom stereocenters. The fraction of sp³-hybridized carbons (Fsp3) is 0.571. The van der Waals surface area contributed by atoms with Gasteiger partial charge < -0.3 is 5.32 Å². The van der Waals surface area contributed by atoms with Gasteiger partial charge in [-0.3, -0.25) is 0 Å². The van der Waals surface area contributed by atoms with E-state index in [2.05, 4.69) is 37.4 Å². The summed E-state index contributed by atoms with van der Waals surface area (Å²) in [5, 5.41) is 3.54. The molecule has 15 heavy (non-hydrogen) atoms. The highest BCUT2D eigenvalue weighted by atomic mass is 15.0. The van der Waals surface area contributed by atoms with E-state index in [1.807, 2.05) is 0 Å². The summed E-state index contributed by atoms with van der Waals surface area (Å²) < 4.78 is 0. The van der Waals surface area contributed by atoms with Gasteiger partial charge in [0.2, 0.25) is 0 Å². The Morgan fingerprint density at radius 1 is 1.20 bits per heavy atom. The summed E-state index contributed by atoms with van der Waals surface area (Å²) in [6.07, 6.45) is 3.92. The Morgan fingerprint density at radius 2 is 2.00 bits per heavy atom. The molecule has 1 saturated heterocycles. The van der Waals surface area contributed by atoms with Crippen LogP contribution in [0.1, 0.15) is 43.0 Å². The lowest BCUT2D eigenvalue weighted by Gasteiger charge is -2.46. The molecule has 0 saturated carbocycles. The van der Waals surface area contributed by atoms with Crippen LogP contribution in [0, 0.1) is 5.41 Å². The molecule has 0 bridgehead atoms. The molecule has 1 aromatic rings. The minimum Gasteiger partial charge on any atom is -0.309 e. The van der Waals surface area contributed by atoms with E-state index in [1.54, 1.807) is 11.1 Å². The molecule has 80 valence electrons. The largest absolute Gasteiger partial charge is 0.309 e. The van der Waals surface area contributed by atoms with Crippen LogP contribution in [0.5, 0.6) is 0 Å². The van der Waals surface area contributed by atoms with Crippen molar-refractivity contribution in [2.24, 2.45) is 5.41 Å². The number of hydrogen-bond donors (Lipinski definition) is 1. The quantitative estimate of drug-likeness (QED) is 0.736. The Hall–Kier alpha value is -0.820. The SMILES string of the molecule is CC1(C)CNC1c1ccc2c(c1)CCC2. The summed E-state index contributed by atoms with van der Waals surface area (Å²) in [4.78, 5) is 0. The van der Waals surface area contributed by atoms with Gasteiger partial charge in [0.1, 0.15) is 0 Å². The summed E-state index contributed by atoms with van der Waals surface area (Å²) in [5.41, 5.74) is 5.10. The van der Waals surface area contributed by atoms with Crippen molar-refractivity contribution in [2.75, 3.05) is 6.54 Å². The zero-order valence-corrected chi connectivity index (χ0v) is 9.64. The average molecular weight is 201 g/mol. The Bertz CT molecular complexity index is 392. The van der Waals surface area contributed by atoms with Crippen molar-refractivity contribution in [1.29, 1.82) is 0 Å². The van der Waals surface area contributed by atoms with Crippen LogP contribution in [0.2, 0.25) is 0 Å². The first-order valence-electron chi connectivity index (χ1n) is 6.02. The lowest BCUT2D eigenvalue weighted by atomic mass is 9.73. The van der Waals surface area contributed by atoms with Gasteiger partial charge in [0.05, 0.1) is 0 Å². The van der Waals surface area contributed by atoms with E-state index in [-0.39, 0.29) is 0 Å². The fourth-order valence-corrected chi connectivity index (χ4v) is 2.95. The summed E-state index contributed by atoms with van der Waals surface area (Å²) in [6.45, 7) is 5.84. The smallest absolute Gasteiger partial charge is 0.0384 e. The van der Waals surface area contributed by atoms with Gasteiger partial charge in [0.15, 0.2) is 0 Å². The van der Waals surface area contributed by atoms with E-state index >= 15 is 0 Å². The van der Waals surface area contributed by atoms with Crippen molar-refractivity contribution in [3.63, 3.8) is 0 Å². The second kappa shape index (κ2) is 3.08. The normalized spacial score (nSPS) is 27.2. The molecule has 1 heterocycles. The van der Waals surface area contributed by atoms with Gasteiger partial charge in [-0.2, -0.15) is 0 Å². The standard InChI is InChI=1S/C14H19N/c1-14(2)9-15-13(14)12-7-6-10-4-3-5-11(10)8-12/h6-8,13,15H,3-5,9H2,1-2H3. The van der Waals surface area contributed by atoms with Crippen molar-refractivity contribution in [2.45, 2.75) is 39.2 Å². The van der Waals surface area contributed by atoms with E-state index in [9.17, 15) is 0 Å². The topological polar surface area (TPSA) is 12.0 Å². The van der Waals surface area contributed by atoms with Crippen LogP contribution in [0.4, 0.5) is 0 Å². The van der Waals surface area contributed by atoms with Crippen molar-refractivity contribution in [3.8, 4) is 0 Å². The highest BCUT2D eigenvalue weighted by Gasteiger charge is 2.39. The van der Waals surface area contributed by atoms with E-state index in [0.29, 0.717) is 11.5 Å². The van der Waals surface area contributed by atoms with Gasteiger partial charge in [-0.15, -0.1) is 0 Å². The van der Waals surface area contributed by atoms with Crippen molar-refractivity contribution < 1.29 is 0 Å². The molecular weight excluding hydrogens is 182 g/mol. The Kier molecular flexibility index (Phi) is 1.93. The highest BCUT2D eigenvalue weighted by Crippen LogP contribution is 2.41. The molecule has 1 heteroatoms. The number of nitrogens with one attached hydrogen (secondary N) is 1. The third-order valence-electron chi connectivity index (χ3n) is 4.00. The third-order valence-corrected chi connectivity index (χ3v) is 4.00. The maximum absolute atomic E-state index is 3.54. The third kappa shape index (κ3) is 1.41. The van der Waals surface area contributed by atoms with Gasteiger partial charge >= 0.3 is 0 Å². The van der Waals surface area contributed by atoms with E-state index in [1.165, 1.54) is 24.8 Å². The number of aryl methyl sites for hydroxylation is 2. The molecule has 1 unspecified atom stereocenters. The van der Waals surface area contributed by atoms with Crippen molar-refractivity contribution in [3.05, 3.63) is 34.9 Å². The zero-order chi connectivity index (χ0) is 10.5. The summed E-state index contributed by atoms with van der Waals surface area (Å²) in [5.74, 6) is 0. The van der Waals surface area contributed by atoms with Crippen molar-refractivity contribution in [1.82, 2.24) is 5.32 Å². The minimum atomic E-state index is 0.437. The zero-order valence-electron chi connectivity index (χ0n) is 9.64. The van der Waals surface area contributed by atoms with Crippen LogP contribution in [0.3, 0.4) is 0 Å². The predicted octanol–water partition coefficient (Wildman–Crippen LogP) is 2.85. The molecule has 3 rings (SSSR count). The maximum Gasteiger partial charge on any atom is 0.0384 e. The van der Waals surface area contributed by atoms with Crippen LogP contribution < -0.4 is 5.32 Å². The van der Waals surface area contributed by atoms with Crippen LogP contribution in [0.25, 0.3) is 0 Å². The van der Waals surface area contributed by atoms with E-state index in [4.69, 9.17) is 0 Å². The van der Waals surface area contributed by atoms with E-state index < -0.39 is 0 Å².